The first kappa shape index (κ1) is 22.2. The molecule has 0 aliphatic carbocycles. The lowest BCUT2D eigenvalue weighted by Gasteiger charge is -2.11. The van der Waals surface area contributed by atoms with Gasteiger partial charge >= 0.3 is 0 Å². The highest BCUT2D eigenvalue weighted by atomic mass is 79.9. The van der Waals surface area contributed by atoms with Gasteiger partial charge in [0.1, 0.15) is 5.82 Å². The monoisotopic (exact) mass is 511 g/mol. The number of aromatic nitrogens is 4. The van der Waals surface area contributed by atoms with Crippen LogP contribution in [0, 0.1) is 5.82 Å². The summed E-state index contributed by atoms with van der Waals surface area (Å²) in [5, 5.41) is 11.8. The minimum Gasteiger partial charge on any atom is -0.323 e. The van der Waals surface area contributed by atoms with Crippen LogP contribution >= 0.6 is 27.7 Å². The van der Waals surface area contributed by atoms with Crippen LogP contribution in [-0.2, 0) is 11.2 Å². The Hall–Kier alpha value is -3.04. The highest BCUT2D eigenvalue weighted by Gasteiger charge is 2.18. The molecule has 0 saturated carbocycles. The summed E-state index contributed by atoms with van der Waals surface area (Å²) in [4.78, 5) is 16.5. The van der Waals surface area contributed by atoms with Gasteiger partial charge in [-0.15, -0.1) is 10.2 Å². The number of hydrogen-bond acceptors (Lipinski definition) is 5. The molecule has 0 radical (unpaired) electrons. The third-order valence-corrected chi connectivity index (χ3v) is 6.13. The van der Waals surface area contributed by atoms with Crippen molar-refractivity contribution in [2.24, 2.45) is 0 Å². The number of halogens is 2. The summed E-state index contributed by atoms with van der Waals surface area (Å²) < 4.78 is 16.5. The van der Waals surface area contributed by atoms with Crippen LogP contribution in [0.25, 0.3) is 17.1 Å². The van der Waals surface area contributed by atoms with Crippen molar-refractivity contribution in [3.8, 4) is 17.1 Å². The minimum atomic E-state index is -0.503. The van der Waals surface area contributed by atoms with Gasteiger partial charge in [0, 0.05) is 28.1 Å². The van der Waals surface area contributed by atoms with Gasteiger partial charge < -0.3 is 5.32 Å². The normalized spacial score (nSPS) is 10.8. The average Bonchev–Trinajstić information content (AvgIpc) is 3.24. The number of anilines is 1. The molecular formula is C23H19BrFN5OS. The third kappa shape index (κ3) is 5.05. The lowest BCUT2D eigenvalue weighted by Crippen LogP contribution is -2.15. The summed E-state index contributed by atoms with van der Waals surface area (Å²) in [5.41, 5.74) is 3.10. The van der Waals surface area contributed by atoms with Crippen LogP contribution < -0.4 is 5.32 Å². The van der Waals surface area contributed by atoms with Gasteiger partial charge in [-0.1, -0.05) is 46.7 Å². The Morgan fingerprint density at radius 2 is 1.84 bits per heavy atom. The number of aryl methyl sites for hydroxylation is 1. The Kier molecular flexibility index (Phi) is 6.96. The van der Waals surface area contributed by atoms with Gasteiger partial charge in [-0.3, -0.25) is 14.3 Å². The van der Waals surface area contributed by atoms with Crippen LogP contribution in [-0.4, -0.2) is 31.4 Å². The summed E-state index contributed by atoms with van der Waals surface area (Å²) in [6, 6.07) is 16.3. The molecule has 9 heteroatoms. The molecule has 0 fully saturated rings. The van der Waals surface area contributed by atoms with Crippen LogP contribution in [0.4, 0.5) is 10.1 Å². The maximum atomic E-state index is 14.0. The van der Waals surface area contributed by atoms with E-state index in [1.807, 2.05) is 28.8 Å². The number of hydrogen-bond donors (Lipinski definition) is 1. The molecule has 0 spiro atoms. The lowest BCUT2D eigenvalue weighted by atomic mass is 10.1. The fourth-order valence-electron chi connectivity index (χ4n) is 3.07. The van der Waals surface area contributed by atoms with Crippen LogP contribution in [0.15, 0.2) is 76.6 Å². The van der Waals surface area contributed by atoms with Gasteiger partial charge in [0.25, 0.3) is 0 Å². The molecule has 0 aliphatic rings. The van der Waals surface area contributed by atoms with Gasteiger partial charge in [-0.05, 0) is 54.4 Å². The summed E-state index contributed by atoms with van der Waals surface area (Å²) in [6.07, 6.45) is 4.33. The van der Waals surface area contributed by atoms with Crippen LogP contribution in [0.3, 0.4) is 0 Å². The number of nitrogens with one attached hydrogen (secondary N) is 1. The first-order chi connectivity index (χ1) is 15.5. The van der Waals surface area contributed by atoms with Gasteiger partial charge in [0.2, 0.25) is 5.91 Å². The maximum absolute atomic E-state index is 14.0. The van der Waals surface area contributed by atoms with E-state index in [2.05, 4.69) is 55.5 Å². The Labute approximate surface area is 197 Å². The van der Waals surface area contributed by atoms with E-state index in [-0.39, 0.29) is 17.3 Å². The average molecular weight is 512 g/mol. The van der Waals surface area contributed by atoms with E-state index in [0.29, 0.717) is 15.5 Å². The predicted octanol–water partition coefficient (Wildman–Crippen LogP) is 5.52. The molecule has 0 bridgehead atoms. The fourth-order valence-corrected chi connectivity index (χ4v) is 4.16. The van der Waals surface area contributed by atoms with Gasteiger partial charge in [0.05, 0.1) is 11.4 Å². The van der Waals surface area contributed by atoms with E-state index in [0.717, 1.165) is 17.7 Å². The van der Waals surface area contributed by atoms with E-state index >= 15 is 0 Å². The molecule has 2 heterocycles. The van der Waals surface area contributed by atoms with Crippen molar-refractivity contribution in [2.75, 3.05) is 11.1 Å². The quantitative estimate of drug-likeness (QED) is 0.330. The highest BCUT2D eigenvalue weighted by molar-refractivity contribution is 9.10. The second kappa shape index (κ2) is 10.1. The molecule has 0 saturated heterocycles. The topological polar surface area (TPSA) is 72.7 Å². The fraction of sp³-hybridized carbons (Fsp3) is 0.130. The van der Waals surface area contributed by atoms with Crippen molar-refractivity contribution in [3.05, 3.63) is 82.8 Å². The zero-order valence-electron chi connectivity index (χ0n) is 17.1. The minimum absolute atomic E-state index is 0.0526. The van der Waals surface area contributed by atoms with Crippen LogP contribution in [0.2, 0.25) is 0 Å². The van der Waals surface area contributed by atoms with E-state index in [1.165, 1.54) is 29.5 Å². The zero-order valence-corrected chi connectivity index (χ0v) is 19.5. The Balaban J connectivity index is 1.59. The SMILES string of the molecule is CCc1ccc(-n2c(SCC(=O)Nc3ccc(Br)cc3F)nnc2-c2ccncc2)cc1. The summed E-state index contributed by atoms with van der Waals surface area (Å²) in [7, 11) is 0. The van der Waals surface area contributed by atoms with Crippen molar-refractivity contribution < 1.29 is 9.18 Å². The first-order valence-electron chi connectivity index (χ1n) is 9.88. The van der Waals surface area contributed by atoms with Gasteiger partial charge in [-0.2, -0.15) is 0 Å². The van der Waals surface area contributed by atoms with Crippen molar-refractivity contribution in [3.63, 3.8) is 0 Å². The molecule has 0 unspecified atom stereocenters. The zero-order chi connectivity index (χ0) is 22.5. The number of thioether (sulfide) groups is 1. The van der Waals surface area contributed by atoms with E-state index in [1.54, 1.807) is 18.5 Å². The third-order valence-electron chi connectivity index (χ3n) is 4.71. The molecule has 0 aliphatic heterocycles. The summed E-state index contributed by atoms with van der Waals surface area (Å²) in [5.74, 6) is -0.134. The molecule has 1 amide bonds. The van der Waals surface area contributed by atoms with E-state index in [4.69, 9.17) is 0 Å². The molecule has 4 aromatic rings. The lowest BCUT2D eigenvalue weighted by molar-refractivity contribution is -0.113. The molecule has 2 aromatic heterocycles. The second-order valence-electron chi connectivity index (χ2n) is 6.86. The van der Waals surface area contributed by atoms with Crippen LogP contribution in [0.5, 0.6) is 0 Å². The van der Waals surface area contributed by atoms with Crippen molar-refractivity contribution in [2.45, 2.75) is 18.5 Å². The number of benzene rings is 2. The molecule has 4 rings (SSSR count). The number of carbonyl (C=O) groups is 1. The van der Waals surface area contributed by atoms with Crippen LogP contribution in [0.1, 0.15) is 12.5 Å². The van der Waals surface area contributed by atoms with Crippen molar-refractivity contribution >= 4 is 39.3 Å². The Morgan fingerprint density at radius 3 is 2.53 bits per heavy atom. The highest BCUT2D eigenvalue weighted by Crippen LogP contribution is 2.28. The summed E-state index contributed by atoms with van der Waals surface area (Å²) >= 11 is 4.44. The van der Waals surface area contributed by atoms with E-state index < -0.39 is 5.82 Å². The molecular weight excluding hydrogens is 493 g/mol. The second-order valence-corrected chi connectivity index (χ2v) is 8.72. The van der Waals surface area contributed by atoms with Gasteiger partial charge in [0.15, 0.2) is 11.0 Å². The number of amides is 1. The van der Waals surface area contributed by atoms with E-state index in [9.17, 15) is 9.18 Å². The summed E-state index contributed by atoms with van der Waals surface area (Å²) in [6.45, 7) is 2.10. The van der Waals surface area contributed by atoms with Crippen molar-refractivity contribution in [1.29, 1.82) is 0 Å². The molecule has 162 valence electrons. The standard InChI is InChI=1S/C23H19BrFN5OS/c1-2-15-3-6-18(7-4-15)30-22(16-9-11-26-12-10-16)28-29-23(30)32-14-21(31)27-20-8-5-17(24)13-19(20)25/h3-13H,2,14H2,1H3,(H,27,31). The molecule has 0 atom stereocenters. The molecule has 2 aromatic carbocycles. The largest absolute Gasteiger partial charge is 0.323 e. The molecule has 32 heavy (non-hydrogen) atoms. The molecule has 6 nitrogen and oxygen atoms in total. The Morgan fingerprint density at radius 1 is 1.09 bits per heavy atom. The number of nitrogens with zero attached hydrogens (tertiary/aromatic N) is 4. The van der Waals surface area contributed by atoms with Crippen molar-refractivity contribution in [1.82, 2.24) is 19.7 Å². The Bertz CT molecular complexity index is 1230. The van der Waals surface area contributed by atoms with Gasteiger partial charge in [-0.25, -0.2) is 4.39 Å². The predicted molar refractivity (Wildman–Crippen MR) is 127 cm³/mol. The maximum Gasteiger partial charge on any atom is 0.234 e. The molecule has 1 N–H and O–H groups in total. The number of pyridine rings is 1. The smallest absolute Gasteiger partial charge is 0.234 e. The number of carbonyl (C=O) groups excluding carboxylic acids is 1. The first-order valence-corrected chi connectivity index (χ1v) is 11.7. The number of rotatable bonds is 7.